The molecule has 2 fully saturated rings. The summed E-state index contributed by atoms with van der Waals surface area (Å²) in [5, 5.41) is 14.0. The average Bonchev–Trinajstić information content (AvgIpc) is 2.54. The molecule has 1 saturated carbocycles. The molecule has 3 nitrogen and oxygen atoms in total. The number of halogens is 3. The molecule has 1 aliphatic heterocycles. The molecule has 2 N–H and O–H groups in total. The Balaban J connectivity index is 0.00000132. The van der Waals surface area contributed by atoms with Crippen LogP contribution in [0, 0.1) is 5.92 Å². The number of piperazine rings is 1. The maximum absolute atomic E-state index is 10.5. The standard InChI is InChI=1S/C17H25BrN2O.2ClH/c18-15-8-4-7-14(17(15)21)16(13-5-2-1-3-6-13)20-11-9-19-10-12-20;;/h4,7-8,13,16,19,21H,1-3,5-6,9-12H2;2*1H/t16-;;/m1../s1. The van der Waals surface area contributed by atoms with Crippen LogP contribution in [-0.2, 0) is 0 Å². The first-order valence-electron chi connectivity index (χ1n) is 8.19. The Hall–Kier alpha value is -0.000000000000000153. The number of nitrogens with zero attached hydrogens (tertiary/aromatic N) is 1. The molecule has 1 aromatic rings. The van der Waals surface area contributed by atoms with E-state index in [1.54, 1.807) is 0 Å². The summed E-state index contributed by atoms with van der Waals surface area (Å²) in [5.41, 5.74) is 1.11. The summed E-state index contributed by atoms with van der Waals surface area (Å²) in [7, 11) is 0. The van der Waals surface area contributed by atoms with Crippen molar-refractivity contribution >= 4 is 40.7 Å². The molecule has 3 rings (SSSR count). The molecule has 1 saturated heterocycles. The van der Waals surface area contributed by atoms with Gasteiger partial charge in [-0.25, -0.2) is 0 Å². The summed E-state index contributed by atoms with van der Waals surface area (Å²) < 4.78 is 0.816. The van der Waals surface area contributed by atoms with Crippen LogP contribution in [0.1, 0.15) is 43.7 Å². The number of phenolic OH excluding ortho intramolecular Hbond substituents is 1. The van der Waals surface area contributed by atoms with E-state index in [9.17, 15) is 5.11 Å². The van der Waals surface area contributed by atoms with E-state index in [2.05, 4.69) is 38.3 Å². The highest BCUT2D eigenvalue weighted by atomic mass is 79.9. The average molecular weight is 426 g/mol. The van der Waals surface area contributed by atoms with Crippen LogP contribution in [0.2, 0.25) is 0 Å². The molecule has 1 atom stereocenters. The zero-order chi connectivity index (χ0) is 14.7. The van der Waals surface area contributed by atoms with Crippen LogP contribution in [-0.4, -0.2) is 36.2 Å². The fraction of sp³-hybridized carbons (Fsp3) is 0.647. The summed E-state index contributed by atoms with van der Waals surface area (Å²) in [4.78, 5) is 2.58. The van der Waals surface area contributed by atoms with Crippen molar-refractivity contribution in [2.75, 3.05) is 26.2 Å². The predicted molar refractivity (Wildman–Crippen MR) is 104 cm³/mol. The molecule has 0 aromatic heterocycles. The lowest BCUT2D eigenvalue weighted by atomic mass is 9.80. The number of hydrogen-bond acceptors (Lipinski definition) is 3. The Kier molecular flexibility index (Phi) is 9.24. The van der Waals surface area contributed by atoms with Gasteiger partial charge in [0.15, 0.2) is 0 Å². The van der Waals surface area contributed by atoms with Gasteiger partial charge in [-0.15, -0.1) is 24.8 Å². The van der Waals surface area contributed by atoms with Crippen molar-refractivity contribution in [2.24, 2.45) is 5.92 Å². The van der Waals surface area contributed by atoms with E-state index in [-0.39, 0.29) is 24.8 Å². The number of aromatic hydroxyl groups is 1. The fourth-order valence-corrected chi connectivity index (χ4v) is 4.31. The Labute approximate surface area is 160 Å². The SMILES string of the molecule is Cl.Cl.Oc1c(Br)cccc1[C@@H](C1CCCCC1)N1CCNCC1. The van der Waals surface area contributed by atoms with Gasteiger partial charge in [-0.2, -0.15) is 0 Å². The topological polar surface area (TPSA) is 35.5 Å². The molecule has 0 spiro atoms. The van der Waals surface area contributed by atoms with Crippen molar-refractivity contribution < 1.29 is 5.11 Å². The molecule has 0 amide bonds. The molecule has 0 bridgehead atoms. The van der Waals surface area contributed by atoms with Crippen LogP contribution in [0.15, 0.2) is 22.7 Å². The number of rotatable bonds is 3. The highest BCUT2D eigenvalue weighted by molar-refractivity contribution is 9.10. The number of hydrogen-bond donors (Lipinski definition) is 2. The van der Waals surface area contributed by atoms with Crippen molar-refractivity contribution in [3.05, 3.63) is 28.2 Å². The van der Waals surface area contributed by atoms with Crippen LogP contribution >= 0.6 is 40.7 Å². The lowest BCUT2D eigenvalue weighted by molar-refractivity contribution is 0.101. The van der Waals surface area contributed by atoms with E-state index >= 15 is 0 Å². The highest BCUT2D eigenvalue weighted by Crippen LogP contribution is 2.43. The monoisotopic (exact) mass is 424 g/mol. The van der Waals surface area contributed by atoms with E-state index in [4.69, 9.17) is 0 Å². The second kappa shape index (κ2) is 10.1. The Bertz CT molecular complexity index is 460. The van der Waals surface area contributed by atoms with Gasteiger partial charge in [0.05, 0.1) is 4.47 Å². The maximum atomic E-state index is 10.5. The molecular formula is C17H27BrCl2N2O. The Morgan fingerprint density at radius 1 is 1.09 bits per heavy atom. The number of benzene rings is 1. The van der Waals surface area contributed by atoms with Crippen LogP contribution in [0.25, 0.3) is 0 Å². The maximum Gasteiger partial charge on any atom is 0.134 e. The molecular weight excluding hydrogens is 399 g/mol. The molecule has 0 unspecified atom stereocenters. The van der Waals surface area contributed by atoms with Crippen molar-refractivity contribution in [1.29, 1.82) is 0 Å². The van der Waals surface area contributed by atoms with Gasteiger partial charge in [-0.3, -0.25) is 4.90 Å². The zero-order valence-corrected chi connectivity index (χ0v) is 16.6. The van der Waals surface area contributed by atoms with Crippen molar-refractivity contribution in [1.82, 2.24) is 10.2 Å². The molecule has 1 aliphatic carbocycles. The Morgan fingerprint density at radius 3 is 2.39 bits per heavy atom. The molecule has 0 radical (unpaired) electrons. The largest absolute Gasteiger partial charge is 0.506 e. The van der Waals surface area contributed by atoms with E-state index in [1.165, 1.54) is 32.1 Å². The van der Waals surface area contributed by atoms with E-state index in [1.807, 2.05) is 6.07 Å². The minimum atomic E-state index is 0. The lowest BCUT2D eigenvalue weighted by Crippen LogP contribution is -2.47. The number of phenols is 1. The second-order valence-corrected chi connectivity index (χ2v) is 7.16. The minimum Gasteiger partial charge on any atom is -0.506 e. The van der Waals surface area contributed by atoms with Gasteiger partial charge in [0, 0.05) is 37.8 Å². The van der Waals surface area contributed by atoms with Gasteiger partial charge in [-0.1, -0.05) is 31.4 Å². The molecule has 1 heterocycles. The quantitative estimate of drug-likeness (QED) is 0.746. The normalized spacial score (nSPS) is 21.1. The summed E-state index contributed by atoms with van der Waals surface area (Å²) in [6.45, 7) is 4.26. The molecule has 6 heteroatoms. The van der Waals surface area contributed by atoms with E-state index in [0.29, 0.717) is 17.7 Å². The first-order valence-corrected chi connectivity index (χ1v) is 8.99. The smallest absolute Gasteiger partial charge is 0.134 e. The summed E-state index contributed by atoms with van der Waals surface area (Å²) in [6.07, 6.45) is 6.63. The number of nitrogens with one attached hydrogen (secondary N) is 1. The number of para-hydroxylation sites is 1. The van der Waals surface area contributed by atoms with Gasteiger partial charge < -0.3 is 10.4 Å². The first-order chi connectivity index (χ1) is 10.3. The van der Waals surface area contributed by atoms with Crippen LogP contribution < -0.4 is 5.32 Å². The summed E-state index contributed by atoms with van der Waals surface area (Å²) in [5.74, 6) is 1.11. The van der Waals surface area contributed by atoms with E-state index in [0.717, 1.165) is 36.2 Å². The predicted octanol–water partition coefficient (Wildman–Crippen LogP) is 4.52. The third kappa shape index (κ3) is 4.99. The third-order valence-corrected chi connectivity index (χ3v) is 5.62. The van der Waals surface area contributed by atoms with Crippen molar-refractivity contribution in [2.45, 2.75) is 38.1 Å². The third-order valence-electron chi connectivity index (χ3n) is 4.98. The summed E-state index contributed by atoms with van der Waals surface area (Å²) in [6, 6.07) is 6.46. The molecule has 132 valence electrons. The van der Waals surface area contributed by atoms with E-state index < -0.39 is 0 Å². The van der Waals surface area contributed by atoms with Crippen molar-refractivity contribution in [3.63, 3.8) is 0 Å². The van der Waals surface area contributed by atoms with Crippen LogP contribution in [0.4, 0.5) is 0 Å². The molecule has 1 aromatic carbocycles. The van der Waals surface area contributed by atoms with Gasteiger partial charge >= 0.3 is 0 Å². The minimum absolute atomic E-state index is 0. The molecule has 2 aliphatic rings. The van der Waals surface area contributed by atoms with Crippen molar-refractivity contribution in [3.8, 4) is 5.75 Å². The highest BCUT2D eigenvalue weighted by Gasteiger charge is 2.32. The van der Waals surface area contributed by atoms with Crippen LogP contribution in [0.5, 0.6) is 5.75 Å². The van der Waals surface area contributed by atoms with Gasteiger partial charge in [0.25, 0.3) is 0 Å². The second-order valence-electron chi connectivity index (χ2n) is 6.31. The first kappa shape index (κ1) is 21.0. The van der Waals surface area contributed by atoms with Gasteiger partial charge in [0.2, 0.25) is 0 Å². The van der Waals surface area contributed by atoms with Gasteiger partial charge in [-0.05, 0) is 40.8 Å². The zero-order valence-electron chi connectivity index (χ0n) is 13.3. The van der Waals surface area contributed by atoms with Crippen LogP contribution in [0.3, 0.4) is 0 Å². The Morgan fingerprint density at radius 2 is 1.74 bits per heavy atom. The van der Waals surface area contributed by atoms with Gasteiger partial charge in [0.1, 0.15) is 5.75 Å². The molecule has 23 heavy (non-hydrogen) atoms. The summed E-state index contributed by atoms with van der Waals surface area (Å²) >= 11 is 3.48. The lowest BCUT2D eigenvalue weighted by Gasteiger charge is -2.41. The fourth-order valence-electron chi connectivity index (χ4n) is 3.93.